The number of carboxylic acid groups (broad SMARTS) is 1. The van der Waals surface area contributed by atoms with Crippen LogP contribution in [-0.4, -0.2) is 22.6 Å². The molecule has 15 heavy (non-hydrogen) atoms. The number of carbonyl (C=O) groups is 1. The zero-order valence-corrected chi connectivity index (χ0v) is 9.21. The van der Waals surface area contributed by atoms with Gasteiger partial charge in [0, 0.05) is 25.5 Å². The second-order valence-corrected chi connectivity index (χ2v) is 4.56. The van der Waals surface area contributed by atoms with E-state index in [4.69, 9.17) is 5.11 Å². The fraction of sp³-hybridized carbons (Fsp3) is 0.545. The van der Waals surface area contributed by atoms with Crippen LogP contribution in [0.5, 0.6) is 0 Å². The summed E-state index contributed by atoms with van der Waals surface area (Å²) in [5.41, 5.74) is 0.975. The molecule has 0 unspecified atom stereocenters. The van der Waals surface area contributed by atoms with Gasteiger partial charge in [0.2, 0.25) is 0 Å². The Balaban J connectivity index is 2.27. The number of aromatic amines is 1. The van der Waals surface area contributed by atoms with Gasteiger partial charge >= 0.3 is 5.97 Å². The molecule has 4 heteroatoms. The molecule has 0 saturated carbocycles. The molecule has 4 nitrogen and oxygen atoms in total. The zero-order chi connectivity index (χ0) is 11.3. The Labute approximate surface area is 89.7 Å². The molecule has 1 aromatic heterocycles. The van der Waals surface area contributed by atoms with Gasteiger partial charge in [0.25, 0.3) is 0 Å². The quantitative estimate of drug-likeness (QED) is 0.668. The number of carboxylic acids is 1. The van der Waals surface area contributed by atoms with E-state index in [1.807, 2.05) is 32.3 Å². The highest BCUT2D eigenvalue weighted by Gasteiger charge is 2.20. The first-order chi connectivity index (χ1) is 6.99. The molecule has 0 radical (unpaired) electrons. The molecule has 0 aliphatic heterocycles. The average molecular weight is 210 g/mol. The van der Waals surface area contributed by atoms with Crippen LogP contribution in [-0.2, 0) is 11.3 Å². The van der Waals surface area contributed by atoms with Crippen molar-refractivity contribution in [2.45, 2.75) is 26.8 Å². The lowest BCUT2D eigenvalue weighted by Crippen LogP contribution is -2.31. The maximum Gasteiger partial charge on any atom is 0.303 e. The van der Waals surface area contributed by atoms with E-state index < -0.39 is 5.97 Å². The fourth-order valence-corrected chi connectivity index (χ4v) is 1.49. The summed E-state index contributed by atoms with van der Waals surface area (Å²) in [6, 6.07) is 2.00. The van der Waals surface area contributed by atoms with Crippen LogP contribution in [0, 0.1) is 5.41 Å². The monoisotopic (exact) mass is 210 g/mol. The second-order valence-electron chi connectivity index (χ2n) is 4.56. The van der Waals surface area contributed by atoms with E-state index in [-0.39, 0.29) is 11.8 Å². The van der Waals surface area contributed by atoms with Crippen molar-refractivity contribution in [2.75, 3.05) is 6.54 Å². The standard InChI is InChI=1S/C11H18N2O2/c1-11(2,5-10(14)15)8-13-7-9-3-4-12-6-9/h3-4,6,12-13H,5,7-8H2,1-2H3,(H,14,15). The highest BCUT2D eigenvalue weighted by atomic mass is 16.4. The largest absolute Gasteiger partial charge is 0.481 e. The van der Waals surface area contributed by atoms with E-state index in [1.54, 1.807) is 0 Å². The third-order valence-electron chi connectivity index (χ3n) is 2.22. The van der Waals surface area contributed by atoms with Crippen LogP contribution in [0.3, 0.4) is 0 Å². The van der Waals surface area contributed by atoms with Crippen molar-refractivity contribution < 1.29 is 9.90 Å². The molecule has 84 valence electrons. The van der Waals surface area contributed by atoms with Crippen LogP contribution in [0.15, 0.2) is 18.5 Å². The Hall–Kier alpha value is -1.29. The van der Waals surface area contributed by atoms with Gasteiger partial charge in [-0.25, -0.2) is 0 Å². The molecule has 0 aromatic carbocycles. The first kappa shape index (κ1) is 11.8. The van der Waals surface area contributed by atoms with Gasteiger partial charge in [0.15, 0.2) is 0 Å². The van der Waals surface area contributed by atoms with Gasteiger partial charge in [-0.15, -0.1) is 0 Å². The molecule has 0 atom stereocenters. The van der Waals surface area contributed by atoms with Gasteiger partial charge in [-0.05, 0) is 17.0 Å². The summed E-state index contributed by atoms with van der Waals surface area (Å²) < 4.78 is 0. The molecule has 0 amide bonds. The third kappa shape index (κ3) is 4.65. The molecule has 1 aromatic rings. The lowest BCUT2D eigenvalue weighted by atomic mass is 9.89. The van der Waals surface area contributed by atoms with Crippen LogP contribution < -0.4 is 5.32 Å². The first-order valence-electron chi connectivity index (χ1n) is 5.04. The van der Waals surface area contributed by atoms with Crippen LogP contribution in [0.1, 0.15) is 25.8 Å². The van der Waals surface area contributed by atoms with Crippen molar-refractivity contribution in [3.63, 3.8) is 0 Å². The van der Waals surface area contributed by atoms with Crippen molar-refractivity contribution in [1.82, 2.24) is 10.3 Å². The number of hydrogen-bond donors (Lipinski definition) is 3. The lowest BCUT2D eigenvalue weighted by molar-refractivity contribution is -0.139. The molecule has 0 bridgehead atoms. The minimum Gasteiger partial charge on any atom is -0.481 e. The highest BCUT2D eigenvalue weighted by Crippen LogP contribution is 2.18. The summed E-state index contributed by atoms with van der Waals surface area (Å²) in [5.74, 6) is -0.747. The minimum absolute atomic E-state index is 0.188. The molecular weight excluding hydrogens is 192 g/mol. The Morgan fingerprint density at radius 2 is 2.33 bits per heavy atom. The number of hydrogen-bond acceptors (Lipinski definition) is 2. The zero-order valence-electron chi connectivity index (χ0n) is 9.21. The maximum atomic E-state index is 10.6. The van der Waals surface area contributed by atoms with Crippen LogP contribution in [0.2, 0.25) is 0 Å². The van der Waals surface area contributed by atoms with Gasteiger partial charge in [-0.1, -0.05) is 13.8 Å². The highest BCUT2D eigenvalue weighted by molar-refractivity contribution is 5.67. The van der Waals surface area contributed by atoms with E-state index in [2.05, 4.69) is 10.3 Å². The summed E-state index contributed by atoms with van der Waals surface area (Å²) in [5, 5.41) is 11.9. The van der Waals surface area contributed by atoms with Crippen molar-refractivity contribution >= 4 is 5.97 Å². The van der Waals surface area contributed by atoms with Gasteiger partial charge in [-0.2, -0.15) is 0 Å². The van der Waals surface area contributed by atoms with Crippen LogP contribution >= 0.6 is 0 Å². The minimum atomic E-state index is -0.747. The second kappa shape index (κ2) is 4.98. The maximum absolute atomic E-state index is 10.6. The number of nitrogens with one attached hydrogen (secondary N) is 2. The van der Waals surface area contributed by atoms with Crippen molar-refractivity contribution in [2.24, 2.45) is 5.41 Å². The van der Waals surface area contributed by atoms with E-state index in [9.17, 15) is 4.79 Å². The summed E-state index contributed by atoms with van der Waals surface area (Å²) >= 11 is 0. The molecule has 0 fully saturated rings. The molecule has 1 rings (SSSR count). The molecule has 0 aliphatic rings. The van der Waals surface area contributed by atoms with E-state index in [0.717, 1.165) is 6.54 Å². The van der Waals surface area contributed by atoms with Crippen LogP contribution in [0.4, 0.5) is 0 Å². The third-order valence-corrected chi connectivity index (χ3v) is 2.22. The van der Waals surface area contributed by atoms with E-state index in [0.29, 0.717) is 6.54 Å². The molecule has 1 heterocycles. The lowest BCUT2D eigenvalue weighted by Gasteiger charge is -2.22. The average Bonchev–Trinajstić information content (AvgIpc) is 2.53. The number of aromatic nitrogens is 1. The number of aliphatic carboxylic acids is 1. The summed E-state index contributed by atoms with van der Waals surface area (Å²) in [7, 11) is 0. The van der Waals surface area contributed by atoms with Crippen molar-refractivity contribution in [1.29, 1.82) is 0 Å². The Morgan fingerprint density at radius 1 is 1.60 bits per heavy atom. The number of rotatable bonds is 6. The molecule has 0 saturated heterocycles. The fourth-order valence-electron chi connectivity index (χ4n) is 1.49. The Bertz CT molecular complexity index is 304. The van der Waals surface area contributed by atoms with Gasteiger partial charge in [-0.3, -0.25) is 4.79 Å². The van der Waals surface area contributed by atoms with E-state index >= 15 is 0 Å². The van der Waals surface area contributed by atoms with Crippen molar-refractivity contribution in [3.05, 3.63) is 24.0 Å². The van der Waals surface area contributed by atoms with Gasteiger partial charge < -0.3 is 15.4 Å². The summed E-state index contributed by atoms with van der Waals surface area (Å²) in [4.78, 5) is 13.5. The number of H-pyrrole nitrogens is 1. The first-order valence-corrected chi connectivity index (χ1v) is 5.04. The van der Waals surface area contributed by atoms with E-state index in [1.165, 1.54) is 5.56 Å². The predicted octanol–water partition coefficient (Wildman–Crippen LogP) is 1.61. The molecule has 0 spiro atoms. The summed E-state index contributed by atoms with van der Waals surface area (Å²) in [6.07, 6.45) is 3.99. The predicted molar refractivity (Wildman–Crippen MR) is 58.5 cm³/mol. The molecule has 3 N–H and O–H groups in total. The summed E-state index contributed by atoms with van der Waals surface area (Å²) in [6.45, 7) is 5.37. The van der Waals surface area contributed by atoms with Gasteiger partial charge in [0.05, 0.1) is 6.42 Å². The molecule has 0 aliphatic carbocycles. The normalized spacial score (nSPS) is 11.6. The molecular formula is C11H18N2O2. The Kier molecular flexibility index (Phi) is 3.91. The Morgan fingerprint density at radius 3 is 2.87 bits per heavy atom. The van der Waals surface area contributed by atoms with Crippen molar-refractivity contribution in [3.8, 4) is 0 Å². The van der Waals surface area contributed by atoms with Gasteiger partial charge in [0.1, 0.15) is 0 Å². The topological polar surface area (TPSA) is 65.1 Å². The SMILES string of the molecule is CC(C)(CNCc1cc[nH]c1)CC(=O)O. The smallest absolute Gasteiger partial charge is 0.303 e. The van der Waals surface area contributed by atoms with Crippen LogP contribution in [0.25, 0.3) is 0 Å².